The first-order chi connectivity index (χ1) is 7.91. The van der Waals surface area contributed by atoms with Gasteiger partial charge < -0.3 is 11.1 Å². The lowest BCUT2D eigenvalue weighted by Gasteiger charge is -2.14. The van der Waals surface area contributed by atoms with Gasteiger partial charge in [0.1, 0.15) is 10.8 Å². The molecule has 94 valence electrons. The Hall–Kier alpha value is -1.01. The van der Waals surface area contributed by atoms with Crippen LogP contribution in [0.5, 0.6) is 0 Å². The van der Waals surface area contributed by atoms with Gasteiger partial charge in [0.25, 0.3) is 0 Å². The SMILES string of the molecule is CC(CNc1ccc(F)cc1C(N)=S)S(C)=O. The van der Waals surface area contributed by atoms with Crippen molar-refractivity contribution in [2.45, 2.75) is 12.2 Å². The zero-order valence-electron chi connectivity index (χ0n) is 9.70. The molecule has 0 spiro atoms. The van der Waals surface area contributed by atoms with Crippen molar-refractivity contribution in [1.82, 2.24) is 0 Å². The van der Waals surface area contributed by atoms with Crippen molar-refractivity contribution >= 4 is 33.7 Å². The largest absolute Gasteiger partial charge is 0.389 e. The summed E-state index contributed by atoms with van der Waals surface area (Å²) in [7, 11) is -0.906. The standard InChI is InChI=1S/C11H15FN2OS2/c1-7(17(2)15)6-14-10-4-3-8(12)5-9(10)11(13)16/h3-5,7,14H,6H2,1-2H3,(H2,13,16). The molecule has 1 rings (SSSR count). The van der Waals surface area contributed by atoms with E-state index in [-0.39, 0.29) is 16.1 Å². The summed E-state index contributed by atoms with van der Waals surface area (Å²) >= 11 is 4.85. The highest BCUT2D eigenvalue weighted by atomic mass is 32.2. The molecule has 0 aliphatic heterocycles. The predicted molar refractivity (Wildman–Crippen MR) is 74.3 cm³/mol. The van der Waals surface area contributed by atoms with Gasteiger partial charge in [0.05, 0.1) is 0 Å². The van der Waals surface area contributed by atoms with Gasteiger partial charge >= 0.3 is 0 Å². The summed E-state index contributed by atoms with van der Waals surface area (Å²) in [5.41, 5.74) is 6.64. The third-order valence-corrected chi connectivity index (χ3v) is 3.91. The zero-order chi connectivity index (χ0) is 13.0. The lowest BCUT2D eigenvalue weighted by atomic mass is 10.1. The summed E-state index contributed by atoms with van der Waals surface area (Å²) in [5, 5.41) is 3.07. The molecule has 0 radical (unpaired) electrons. The van der Waals surface area contributed by atoms with Gasteiger partial charge in [-0.05, 0) is 25.1 Å². The van der Waals surface area contributed by atoms with Crippen molar-refractivity contribution in [1.29, 1.82) is 0 Å². The van der Waals surface area contributed by atoms with Crippen molar-refractivity contribution in [3.63, 3.8) is 0 Å². The summed E-state index contributed by atoms with van der Waals surface area (Å²) in [4.78, 5) is 0.136. The fourth-order valence-electron chi connectivity index (χ4n) is 1.25. The molecule has 2 unspecified atom stereocenters. The van der Waals surface area contributed by atoms with Gasteiger partial charge in [0.15, 0.2) is 0 Å². The van der Waals surface area contributed by atoms with Crippen molar-refractivity contribution in [2.24, 2.45) is 5.73 Å². The minimum absolute atomic E-state index is 0.000695. The first-order valence-corrected chi connectivity index (χ1v) is 7.10. The van der Waals surface area contributed by atoms with Crippen LogP contribution in [0, 0.1) is 5.82 Å². The molecule has 0 bridgehead atoms. The molecule has 2 atom stereocenters. The molecule has 3 N–H and O–H groups in total. The summed E-state index contributed by atoms with van der Waals surface area (Å²) in [6.45, 7) is 2.39. The zero-order valence-corrected chi connectivity index (χ0v) is 11.3. The molecule has 0 aliphatic rings. The predicted octanol–water partition coefficient (Wildman–Crippen LogP) is 1.64. The van der Waals surface area contributed by atoms with E-state index in [0.29, 0.717) is 17.8 Å². The molecule has 17 heavy (non-hydrogen) atoms. The number of halogens is 1. The van der Waals surface area contributed by atoms with Crippen LogP contribution in [0.2, 0.25) is 0 Å². The lowest BCUT2D eigenvalue weighted by molar-refractivity contribution is 0.627. The van der Waals surface area contributed by atoms with E-state index in [1.165, 1.54) is 12.1 Å². The van der Waals surface area contributed by atoms with E-state index in [0.717, 1.165) is 0 Å². The molecule has 0 aliphatic carbocycles. The van der Waals surface area contributed by atoms with Crippen molar-refractivity contribution in [2.75, 3.05) is 18.1 Å². The average Bonchev–Trinajstić information content (AvgIpc) is 2.26. The molecule has 0 saturated carbocycles. The number of nitrogens with two attached hydrogens (primary N) is 1. The Labute approximate surface area is 108 Å². The van der Waals surface area contributed by atoms with Crippen LogP contribution in [0.25, 0.3) is 0 Å². The molecule has 6 heteroatoms. The van der Waals surface area contributed by atoms with E-state index >= 15 is 0 Å². The van der Waals surface area contributed by atoms with Crippen LogP contribution in [-0.2, 0) is 10.8 Å². The average molecular weight is 274 g/mol. The van der Waals surface area contributed by atoms with Crippen molar-refractivity contribution in [3.05, 3.63) is 29.6 Å². The van der Waals surface area contributed by atoms with E-state index in [1.54, 1.807) is 12.3 Å². The van der Waals surface area contributed by atoms with Crippen LogP contribution in [0.3, 0.4) is 0 Å². The number of nitrogens with one attached hydrogen (secondary N) is 1. The van der Waals surface area contributed by atoms with Crippen LogP contribution in [0.4, 0.5) is 10.1 Å². The highest BCUT2D eigenvalue weighted by Gasteiger charge is 2.10. The Balaban J connectivity index is 2.84. The quantitative estimate of drug-likeness (QED) is 0.802. The second kappa shape index (κ2) is 6.07. The van der Waals surface area contributed by atoms with Crippen molar-refractivity contribution < 1.29 is 8.60 Å². The molecule has 0 fully saturated rings. The Morgan fingerprint density at radius 2 is 2.29 bits per heavy atom. The van der Waals surface area contributed by atoms with Crippen LogP contribution in [-0.4, -0.2) is 27.2 Å². The van der Waals surface area contributed by atoms with Crippen LogP contribution >= 0.6 is 12.2 Å². The van der Waals surface area contributed by atoms with E-state index in [1.807, 2.05) is 6.92 Å². The van der Waals surface area contributed by atoms with Crippen LogP contribution in [0.15, 0.2) is 18.2 Å². The van der Waals surface area contributed by atoms with Gasteiger partial charge in [-0.3, -0.25) is 4.21 Å². The second-order valence-corrected chi connectivity index (χ2v) is 5.99. The fourth-order valence-corrected chi connectivity index (χ4v) is 1.73. The summed E-state index contributed by atoms with van der Waals surface area (Å²) < 4.78 is 24.2. The molecular formula is C11H15FN2OS2. The third-order valence-electron chi connectivity index (χ3n) is 2.39. The number of anilines is 1. The molecule has 1 aromatic rings. The number of rotatable bonds is 5. The molecular weight excluding hydrogens is 259 g/mol. The molecule has 0 aromatic heterocycles. The third kappa shape index (κ3) is 4.05. The number of thiocarbonyl (C=S) groups is 1. The van der Waals surface area contributed by atoms with E-state index < -0.39 is 10.8 Å². The van der Waals surface area contributed by atoms with E-state index in [2.05, 4.69) is 5.32 Å². The smallest absolute Gasteiger partial charge is 0.124 e. The monoisotopic (exact) mass is 274 g/mol. The topological polar surface area (TPSA) is 55.1 Å². The highest BCUT2D eigenvalue weighted by Crippen LogP contribution is 2.17. The summed E-state index contributed by atoms with van der Waals surface area (Å²) in [6, 6.07) is 4.20. The first-order valence-electron chi connectivity index (χ1n) is 5.07. The Bertz CT molecular complexity index is 451. The van der Waals surface area contributed by atoms with Gasteiger partial charge in [0, 0.05) is 40.1 Å². The molecule has 0 saturated heterocycles. The molecule has 0 heterocycles. The number of benzene rings is 1. The summed E-state index contributed by atoms with van der Waals surface area (Å²) in [5.74, 6) is -0.384. The van der Waals surface area contributed by atoms with Crippen LogP contribution in [0.1, 0.15) is 12.5 Å². The molecule has 1 aromatic carbocycles. The minimum Gasteiger partial charge on any atom is -0.389 e. The van der Waals surface area contributed by atoms with E-state index in [9.17, 15) is 8.60 Å². The van der Waals surface area contributed by atoms with Gasteiger partial charge in [-0.1, -0.05) is 12.2 Å². The Morgan fingerprint density at radius 1 is 1.65 bits per heavy atom. The Morgan fingerprint density at radius 3 is 2.82 bits per heavy atom. The Kier molecular flexibility index (Phi) is 5.02. The van der Waals surface area contributed by atoms with Gasteiger partial charge in [-0.15, -0.1) is 0 Å². The maximum absolute atomic E-state index is 13.0. The lowest BCUT2D eigenvalue weighted by Crippen LogP contribution is -2.22. The minimum atomic E-state index is -0.906. The number of hydrogen-bond donors (Lipinski definition) is 2. The number of hydrogen-bond acceptors (Lipinski definition) is 3. The normalized spacial score (nSPS) is 14.1. The second-order valence-electron chi connectivity index (χ2n) is 3.74. The van der Waals surface area contributed by atoms with Gasteiger partial charge in [0.2, 0.25) is 0 Å². The van der Waals surface area contributed by atoms with Gasteiger partial charge in [-0.25, -0.2) is 4.39 Å². The highest BCUT2D eigenvalue weighted by molar-refractivity contribution is 7.84. The maximum Gasteiger partial charge on any atom is 0.124 e. The first kappa shape index (κ1) is 14.1. The van der Waals surface area contributed by atoms with E-state index in [4.69, 9.17) is 18.0 Å². The van der Waals surface area contributed by atoms with Crippen LogP contribution < -0.4 is 11.1 Å². The maximum atomic E-state index is 13.0. The van der Waals surface area contributed by atoms with Crippen molar-refractivity contribution in [3.8, 4) is 0 Å². The van der Waals surface area contributed by atoms with Gasteiger partial charge in [-0.2, -0.15) is 0 Å². The molecule has 0 amide bonds. The summed E-state index contributed by atoms with van der Waals surface area (Å²) in [6.07, 6.45) is 1.64. The fraction of sp³-hybridized carbons (Fsp3) is 0.364. The molecule has 3 nitrogen and oxygen atoms in total.